The zero-order chi connectivity index (χ0) is 38.5. The minimum Gasteiger partial charge on any atom is -0.444 e. The first-order valence-corrected chi connectivity index (χ1v) is 16.9. The van der Waals surface area contributed by atoms with Crippen LogP contribution in [0.2, 0.25) is 0 Å². The van der Waals surface area contributed by atoms with Gasteiger partial charge in [-0.15, -0.1) is 4.99 Å². The van der Waals surface area contributed by atoms with Crippen LogP contribution in [0.25, 0.3) is 5.57 Å². The summed E-state index contributed by atoms with van der Waals surface area (Å²) in [6.45, 7) is 16.6. The van der Waals surface area contributed by atoms with Crippen molar-refractivity contribution in [2.24, 2.45) is 15.7 Å². The van der Waals surface area contributed by atoms with E-state index in [2.05, 4.69) is 31.3 Å². The second-order valence-corrected chi connectivity index (χ2v) is 13.9. The number of benzene rings is 2. The maximum Gasteiger partial charge on any atom is 0.437 e. The van der Waals surface area contributed by atoms with Gasteiger partial charge in [0.2, 0.25) is 5.96 Å². The SMILES string of the molecule is CC(C)(C)OC(=O)\N=C(/N=C/C=C\N)NC(=O)OC(C)(C)C.Cc1cc(C2=CCNCC2)c(F)cc1NC(=O)c1ccc(N2CCNCC2)c(F)c1. The van der Waals surface area contributed by atoms with Crippen molar-refractivity contribution in [2.45, 2.75) is 66.1 Å². The van der Waals surface area contributed by atoms with Crippen LogP contribution in [-0.2, 0) is 9.47 Å². The standard InChI is InChI=1S/C23H26F2N4O.C14H24N4O4/c1-15-12-18(16-4-6-26-7-5-16)19(24)14-21(15)28-23(30)17-2-3-22(20(25)13-17)29-10-8-27-9-11-29;1-13(2,3)21-11(19)17-10(16-9-7-8-15)18-12(20)22-14(4,5)6/h2-4,12-14,26-27H,5-11H2,1H3,(H,28,30);7-9H,15H2,1-6H3,(H,17,18,19,20)/b;8-7-,16-9+. The van der Waals surface area contributed by atoms with Gasteiger partial charge >= 0.3 is 12.2 Å². The molecule has 13 nitrogen and oxygen atoms in total. The summed E-state index contributed by atoms with van der Waals surface area (Å²) in [5, 5.41) is 11.4. The Morgan fingerprint density at radius 3 is 2.23 bits per heavy atom. The molecule has 0 atom stereocenters. The normalized spacial score (nSPS) is 15.4. The van der Waals surface area contributed by atoms with E-state index in [0.29, 0.717) is 16.9 Å². The van der Waals surface area contributed by atoms with E-state index in [4.69, 9.17) is 15.2 Å². The molecule has 15 heteroatoms. The van der Waals surface area contributed by atoms with Crippen LogP contribution in [0.1, 0.15) is 69.4 Å². The van der Waals surface area contributed by atoms with Crippen LogP contribution in [-0.4, -0.2) is 80.7 Å². The second-order valence-electron chi connectivity index (χ2n) is 13.9. The molecule has 0 unspecified atom stereocenters. The van der Waals surface area contributed by atoms with Crippen molar-refractivity contribution in [3.05, 3.63) is 77.0 Å². The Morgan fingerprint density at radius 1 is 0.942 bits per heavy atom. The third-order valence-electron chi connectivity index (χ3n) is 7.24. The molecule has 52 heavy (non-hydrogen) atoms. The maximum atomic E-state index is 14.7. The summed E-state index contributed by atoms with van der Waals surface area (Å²) in [6.07, 6.45) is 4.99. The highest BCUT2D eigenvalue weighted by molar-refractivity contribution is 6.05. The zero-order valence-electron chi connectivity index (χ0n) is 30.9. The summed E-state index contributed by atoms with van der Waals surface area (Å²) in [7, 11) is 0. The van der Waals surface area contributed by atoms with Gasteiger partial charge < -0.3 is 36.1 Å². The summed E-state index contributed by atoms with van der Waals surface area (Å²) in [5.74, 6) is -1.52. The molecule has 1 saturated heterocycles. The highest BCUT2D eigenvalue weighted by Crippen LogP contribution is 2.29. The van der Waals surface area contributed by atoms with E-state index in [1.54, 1.807) is 59.7 Å². The number of aliphatic imine (C=N–C) groups is 2. The fourth-order valence-corrected chi connectivity index (χ4v) is 4.95. The largest absolute Gasteiger partial charge is 0.444 e. The molecule has 2 aliphatic rings. The van der Waals surface area contributed by atoms with Crippen molar-refractivity contribution in [3.63, 3.8) is 0 Å². The van der Waals surface area contributed by atoms with E-state index in [0.717, 1.165) is 56.8 Å². The van der Waals surface area contributed by atoms with Crippen LogP contribution in [0.3, 0.4) is 0 Å². The number of allylic oxidation sites excluding steroid dienone is 1. The lowest BCUT2D eigenvalue weighted by molar-refractivity contribution is 0.0561. The number of alkyl carbamates (subject to hydrolysis) is 1. The molecule has 2 aromatic rings. The number of halogens is 2. The molecule has 0 aliphatic carbocycles. The quantitative estimate of drug-likeness (QED) is 0.193. The highest BCUT2D eigenvalue weighted by atomic mass is 19.1. The van der Waals surface area contributed by atoms with Gasteiger partial charge in [0, 0.05) is 55.8 Å². The average molecular weight is 725 g/mol. The number of hydrogen-bond donors (Lipinski definition) is 5. The van der Waals surface area contributed by atoms with Gasteiger partial charge in [-0.05, 0) is 115 Å². The molecule has 4 rings (SSSR count). The predicted octanol–water partition coefficient (Wildman–Crippen LogP) is 5.66. The van der Waals surface area contributed by atoms with Crippen molar-refractivity contribution in [1.29, 1.82) is 0 Å². The topological polar surface area (TPSA) is 172 Å². The Hall–Kier alpha value is -5.15. The molecule has 0 bridgehead atoms. The molecular weight excluding hydrogens is 674 g/mol. The molecule has 0 spiro atoms. The number of guanidine groups is 1. The van der Waals surface area contributed by atoms with E-state index in [9.17, 15) is 23.2 Å². The lowest BCUT2D eigenvalue weighted by atomic mass is 9.97. The van der Waals surface area contributed by atoms with E-state index in [1.165, 1.54) is 30.6 Å². The van der Waals surface area contributed by atoms with E-state index in [-0.39, 0.29) is 17.3 Å². The first-order chi connectivity index (χ1) is 24.5. The maximum absolute atomic E-state index is 14.7. The number of amides is 3. The van der Waals surface area contributed by atoms with Gasteiger partial charge in [0.1, 0.15) is 22.8 Å². The van der Waals surface area contributed by atoms with Gasteiger partial charge in [-0.25, -0.2) is 23.4 Å². The Morgan fingerprint density at radius 2 is 1.63 bits per heavy atom. The van der Waals surface area contributed by atoms with Crippen LogP contribution in [0.4, 0.5) is 29.7 Å². The molecule has 3 amide bonds. The van der Waals surface area contributed by atoms with Crippen molar-refractivity contribution < 1.29 is 32.6 Å². The third kappa shape index (κ3) is 13.9. The van der Waals surface area contributed by atoms with Crippen LogP contribution >= 0.6 is 0 Å². The number of nitrogens with two attached hydrogens (primary N) is 1. The van der Waals surface area contributed by atoms with Crippen LogP contribution in [0.15, 0.2) is 58.7 Å². The molecule has 282 valence electrons. The zero-order valence-corrected chi connectivity index (χ0v) is 30.9. The number of aryl methyl sites for hydroxylation is 1. The average Bonchev–Trinajstić information content (AvgIpc) is 3.05. The minimum absolute atomic E-state index is 0.205. The van der Waals surface area contributed by atoms with Crippen molar-refractivity contribution >= 4 is 47.2 Å². The minimum atomic E-state index is -0.882. The lowest BCUT2D eigenvalue weighted by Crippen LogP contribution is -2.43. The number of anilines is 2. The van der Waals surface area contributed by atoms with Gasteiger partial charge in [-0.3, -0.25) is 10.1 Å². The predicted molar refractivity (Wildman–Crippen MR) is 201 cm³/mol. The van der Waals surface area contributed by atoms with E-state index >= 15 is 0 Å². The summed E-state index contributed by atoms with van der Waals surface area (Å²) >= 11 is 0. The number of nitrogens with zero attached hydrogens (tertiary/aromatic N) is 3. The number of rotatable bonds is 5. The van der Waals surface area contributed by atoms with Crippen LogP contribution in [0, 0.1) is 18.6 Å². The molecule has 2 aromatic carbocycles. The molecule has 0 saturated carbocycles. The Bertz CT molecular complexity index is 1700. The molecule has 6 N–H and O–H groups in total. The number of piperazine rings is 1. The van der Waals surface area contributed by atoms with Crippen LogP contribution < -0.4 is 31.9 Å². The summed E-state index contributed by atoms with van der Waals surface area (Å²) in [6, 6.07) is 7.59. The van der Waals surface area contributed by atoms with Gasteiger partial charge in [-0.2, -0.15) is 0 Å². The number of nitrogens with one attached hydrogen (secondary N) is 4. The summed E-state index contributed by atoms with van der Waals surface area (Å²) in [5.41, 5.74) is 7.16. The molecule has 0 radical (unpaired) electrons. The van der Waals surface area contributed by atoms with E-state index < -0.39 is 35.1 Å². The Kier molecular flexibility index (Phi) is 15.0. The fourth-order valence-electron chi connectivity index (χ4n) is 4.95. The Labute approximate surface area is 303 Å². The van der Waals surface area contributed by atoms with Gasteiger partial charge in [0.05, 0.1) is 5.69 Å². The smallest absolute Gasteiger partial charge is 0.437 e. The first kappa shape index (κ1) is 41.3. The third-order valence-corrected chi connectivity index (χ3v) is 7.24. The highest BCUT2D eigenvalue weighted by Gasteiger charge is 2.21. The van der Waals surface area contributed by atoms with Crippen molar-refractivity contribution in [1.82, 2.24) is 16.0 Å². The Balaban J connectivity index is 0.000000297. The van der Waals surface area contributed by atoms with Gasteiger partial charge in [-0.1, -0.05) is 6.08 Å². The molecule has 2 aliphatic heterocycles. The summed E-state index contributed by atoms with van der Waals surface area (Å²) in [4.78, 5) is 45.3. The van der Waals surface area contributed by atoms with Crippen molar-refractivity contribution in [3.8, 4) is 0 Å². The number of carbonyl (C=O) groups is 3. The molecular formula is C37H50F2N8O5. The van der Waals surface area contributed by atoms with Gasteiger partial charge in [0.15, 0.2) is 0 Å². The molecule has 0 aromatic heterocycles. The second kappa shape index (κ2) is 18.9. The lowest BCUT2D eigenvalue weighted by Gasteiger charge is -2.29. The van der Waals surface area contributed by atoms with E-state index in [1.807, 2.05) is 17.9 Å². The monoisotopic (exact) mass is 724 g/mol. The molecule has 2 heterocycles. The number of carbonyl (C=O) groups excluding carboxylic acids is 3. The van der Waals surface area contributed by atoms with Crippen molar-refractivity contribution in [2.75, 3.05) is 49.5 Å². The fraction of sp³-hybridized carbons (Fsp3) is 0.432. The first-order valence-electron chi connectivity index (χ1n) is 16.9. The van der Waals surface area contributed by atoms with Gasteiger partial charge in [0.25, 0.3) is 5.91 Å². The van der Waals surface area contributed by atoms with Crippen LogP contribution in [0.5, 0.6) is 0 Å². The number of hydrogen-bond acceptors (Lipinski definition) is 9. The summed E-state index contributed by atoms with van der Waals surface area (Å²) < 4.78 is 39.4. The molecule has 1 fully saturated rings. The number of ether oxygens (including phenoxy) is 2.